The van der Waals surface area contributed by atoms with Crippen molar-refractivity contribution in [3.8, 4) is 0 Å². The van der Waals surface area contributed by atoms with Gasteiger partial charge in [0.15, 0.2) is 5.79 Å². The van der Waals surface area contributed by atoms with E-state index in [2.05, 4.69) is 0 Å². The second kappa shape index (κ2) is 5.53. The molecule has 1 saturated heterocycles. The fourth-order valence-electron chi connectivity index (χ4n) is 2.32. The number of ether oxygens (including phenoxy) is 2. The first-order chi connectivity index (χ1) is 9.49. The van der Waals surface area contributed by atoms with Crippen molar-refractivity contribution in [1.29, 1.82) is 0 Å². The molecular weight excluding hydrogens is 268 g/mol. The summed E-state index contributed by atoms with van der Waals surface area (Å²) in [4.78, 5) is 22.4. The SMILES string of the molecule is CC1(C(C(=O)NO)c2ccccc2[N+](=O)[O-])OCCO1. The number of benzene rings is 1. The lowest BCUT2D eigenvalue weighted by atomic mass is 9.89. The minimum absolute atomic E-state index is 0.119. The molecule has 1 fully saturated rings. The quantitative estimate of drug-likeness (QED) is 0.483. The van der Waals surface area contributed by atoms with Gasteiger partial charge in [0.1, 0.15) is 5.92 Å². The minimum Gasteiger partial charge on any atom is -0.347 e. The molecule has 1 aliphatic heterocycles. The number of nitrogens with zero attached hydrogens (tertiary/aromatic N) is 1. The fraction of sp³-hybridized carbons (Fsp3) is 0.417. The Labute approximate surface area is 114 Å². The van der Waals surface area contributed by atoms with Crippen LogP contribution in [0.25, 0.3) is 0 Å². The molecule has 1 aromatic carbocycles. The van der Waals surface area contributed by atoms with Crippen LogP contribution in [-0.2, 0) is 14.3 Å². The van der Waals surface area contributed by atoms with Crippen LogP contribution >= 0.6 is 0 Å². The van der Waals surface area contributed by atoms with Crippen LogP contribution in [0.2, 0.25) is 0 Å². The summed E-state index contributed by atoms with van der Waals surface area (Å²) in [6, 6.07) is 5.78. The molecule has 0 aliphatic carbocycles. The Morgan fingerprint density at radius 2 is 2.05 bits per heavy atom. The van der Waals surface area contributed by atoms with Gasteiger partial charge in [-0.1, -0.05) is 18.2 Å². The number of rotatable bonds is 4. The monoisotopic (exact) mass is 282 g/mol. The highest BCUT2D eigenvalue weighted by molar-refractivity contribution is 5.85. The molecule has 0 radical (unpaired) electrons. The molecule has 0 saturated carbocycles. The van der Waals surface area contributed by atoms with Gasteiger partial charge in [-0.2, -0.15) is 0 Å². The van der Waals surface area contributed by atoms with Gasteiger partial charge >= 0.3 is 0 Å². The number of hydrogen-bond donors (Lipinski definition) is 2. The first-order valence-electron chi connectivity index (χ1n) is 5.95. The van der Waals surface area contributed by atoms with Crippen LogP contribution in [-0.4, -0.2) is 35.0 Å². The number of hydrogen-bond acceptors (Lipinski definition) is 6. The van der Waals surface area contributed by atoms with Gasteiger partial charge in [-0.3, -0.25) is 20.1 Å². The maximum Gasteiger partial charge on any atom is 0.273 e. The molecule has 108 valence electrons. The van der Waals surface area contributed by atoms with E-state index in [4.69, 9.17) is 14.7 Å². The Hall–Kier alpha value is -2.03. The normalized spacial score (nSPS) is 18.5. The molecule has 1 atom stereocenters. The lowest BCUT2D eigenvalue weighted by Gasteiger charge is -2.30. The topological polar surface area (TPSA) is 111 Å². The van der Waals surface area contributed by atoms with Crippen LogP contribution in [0.5, 0.6) is 0 Å². The zero-order valence-corrected chi connectivity index (χ0v) is 10.7. The number of nitrogens with one attached hydrogen (secondary N) is 1. The number of nitro benzene ring substituents is 1. The molecule has 1 unspecified atom stereocenters. The highest BCUT2D eigenvalue weighted by Gasteiger charge is 2.47. The lowest BCUT2D eigenvalue weighted by Crippen LogP contribution is -2.43. The van der Waals surface area contributed by atoms with Crippen molar-refractivity contribution in [3.63, 3.8) is 0 Å². The van der Waals surface area contributed by atoms with Gasteiger partial charge < -0.3 is 9.47 Å². The number of carbonyl (C=O) groups is 1. The summed E-state index contributed by atoms with van der Waals surface area (Å²) in [5, 5.41) is 20.0. The maximum atomic E-state index is 11.9. The zero-order chi connectivity index (χ0) is 14.8. The van der Waals surface area contributed by atoms with E-state index in [1.807, 2.05) is 0 Å². The van der Waals surface area contributed by atoms with E-state index in [-0.39, 0.29) is 24.5 Å². The number of amides is 1. The number of carbonyl (C=O) groups excluding carboxylic acids is 1. The smallest absolute Gasteiger partial charge is 0.273 e. The maximum absolute atomic E-state index is 11.9. The molecule has 1 heterocycles. The average Bonchev–Trinajstić information content (AvgIpc) is 2.86. The van der Waals surface area contributed by atoms with Gasteiger partial charge in [0, 0.05) is 11.6 Å². The predicted octanol–water partition coefficient (Wildman–Crippen LogP) is 0.947. The summed E-state index contributed by atoms with van der Waals surface area (Å²) in [5.74, 6) is -3.35. The molecule has 8 heteroatoms. The van der Waals surface area contributed by atoms with Gasteiger partial charge in [-0.05, 0) is 6.92 Å². The third-order valence-corrected chi connectivity index (χ3v) is 3.20. The summed E-state index contributed by atoms with van der Waals surface area (Å²) < 4.78 is 10.8. The van der Waals surface area contributed by atoms with Gasteiger partial charge in [-0.15, -0.1) is 0 Å². The molecule has 0 spiro atoms. The van der Waals surface area contributed by atoms with E-state index in [0.29, 0.717) is 0 Å². The van der Waals surface area contributed by atoms with E-state index in [1.165, 1.54) is 30.6 Å². The molecule has 2 rings (SSSR count). The molecule has 8 nitrogen and oxygen atoms in total. The van der Waals surface area contributed by atoms with Gasteiger partial charge in [0.05, 0.1) is 18.1 Å². The van der Waals surface area contributed by atoms with Crippen molar-refractivity contribution in [3.05, 3.63) is 39.9 Å². The highest BCUT2D eigenvalue weighted by Crippen LogP contribution is 2.39. The third kappa shape index (κ3) is 2.48. The Balaban J connectivity index is 2.52. The second-order valence-corrected chi connectivity index (χ2v) is 4.44. The number of nitro groups is 1. The molecular formula is C12H14N2O6. The van der Waals surface area contributed by atoms with Crippen LogP contribution in [0.3, 0.4) is 0 Å². The van der Waals surface area contributed by atoms with Crippen LogP contribution in [0.1, 0.15) is 18.4 Å². The molecule has 20 heavy (non-hydrogen) atoms. The summed E-state index contributed by atoms with van der Waals surface area (Å²) in [7, 11) is 0. The van der Waals surface area contributed by atoms with E-state index >= 15 is 0 Å². The minimum atomic E-state index is -1.36. The zero-order valence-electron chi connectivity index (χ0n) is 10.7. The number of para-hydroxylation sites is 1. The highest BCUT2D eigenvalue weighted by atomic mass is 16.7. The Bertz CT molecular complexity index is 526. The van der Waals surface area contributed by atoms with Gasteiger partial charge in [0.2, 0.25) is 0 Å². The van der Waals surface area contributed by atoms with E-state index < -0.39 is 22.5 Å². The van der Waals surface area contributed by atoms with Crippen LogP contribution < -0.4 is 5.48 Å². The molecule has 0 bridgehead atoms. The van der Waals surface area contributed by atoms with Gasteiger partial charge in [-0.25, -0.2) is 5.48 Å². The Kier molecular flexibility index (Phi) is 3.98. The summed E-state index contributed by atoms with van der Waals surface area (Å²) >= 11 is 0. The van der Waals surface area contributed by atoms with Crippen molar-refractivity contribution in [2.45, 2.75) is 18.6 Å². The summed E-state index contributed by atoms with van der Waals surface area (Å²) in [6.07, 6.45) is 0. The van der Waals surface area contributed by atoms with Crippen LogP contribution in [0.15, 0.2) is 24.3 Å². The molecule has 1 aromatic rings. The number of hydroxylamine groups is 1. The van der Waals surface area contributed by atoms with Crippen molar-refractivity contribution in [2.24, 2.45) is 0 Å². The van der Waals surface area contributed by atoms with E-state index in [1.54, 1.807) is 6.07 Å². The van der Waals surface area contributed by atoms with Crippen molar-refractivity contribution in [2.75, 3.05) is 13.2 Å². The predicted molar refractivity (Wildman–Crippen MR) is 66.1 cm³/mol. The third-order valence-electron chi connectivity index (χ3n) is 3.20. The Morgan fingerprint density at radius 1 is 1.45 bits per heavy atom. The lowest BCUT2D eigenvalue weighted by molar-refractivity contribution is -0.386. The molecule has 1 aliphatic rings. The largest absolute Gasteiger partial charge is 0.347 e. The van der Waals surface area contributed by atoms with Crippen LogP contribution in [0, 0.1) is 10.1 Å². The van der Waals surface area contributed by atoms with Crippen molar-refractivity contribution < 1.29 is 24.4 Å². The van der Waals surface area contributed by atoms with Crippen molar-refractivity contribution >= 4 is 11.6 Å². The first kappa shape index (κ1) is 14.4. The fourth-order valence-corrected chi connectivity index (χ4v) is 2.32. The standard InChI is InChI=1S/C12H14N2O6/c1-12(19-6-7-20-12)10(11(15)13-16)8-4-2-3-5-9(8)14(17)18/h2-5,10,16H,6-7H2,1H3,(H,13,15). The van der Waals surface area contributed by atoms with Crippen molar-refractivity contribution in [1.82, 2.24) is 5.48 Å². The van der Waals surface area contributed by atoms with E-state index in [9.17, 15) is 14.9 Å². The molecule has 2 N–H and O–H groups in total. The average molecular weight is 282 g/mol. The van der Waals surface area contributed by atoms with E-state index in [0.717, 1.165) is 0 Å². The van der Waals surface area contributed by atoms with Crippen LogP contribution in [0.4, 0.5) is 5.69 Å². The molecule has 0 aromatic heterocycles. The second-order valence-electron chi connectivity index (χ2n) is 4.44. The molecule has 1 amide bonds. The first-order valence-corrected chi connectivity index (χ1v) is 5.95. The Morgan fingerprint density at radius 3 is 2.60 bits per heavy atom. The van der Waals surface area contributed by atoms with Gasteiger partial charge in [0.25, 0.3) is 11.6 Å². The summed E-state index contributed by atoms with van der Waals surface area (Å²) in [5.41, 5.74) is 1.39. The summed E-state index contributed by atoms with van der Waals surface area (Å²) in [6.45, 7) is 2.05.